The Bertz CT molecular complexity index is 758. The Balaban J connectivity index is 2.39. The van der Waals surface area contributed by atoms with Crippen LogP contribution in [0.15, 0.2) is 53.5 Å². The predicted octanol–water partition coefficient (Wildman–Crippen LogP) is 2.29. The number of benzene rings is 2. The summed E-state index contributed by atoms with van der Waals surface area (Å²) in [4.78, 5) is 8.72. The highest BCUT2D eigenvalue weighted by molar-refractivity contribution is 5.99. The molecular formula is C14H12N4. The molecule has 4 heteroatoms. The van der Waals surface area contributed by atoms with Crippen LogP contribution in [0.3, 0.4) is 0 Å². The van der Waals surface area contributed by atoms with E-state index in [1.54, 1.807) is 0 Å². The maximum Gasteiger partial charge on any atom is 0.191 e. The van der Waals surface area contributed by atoms with Crippen molar-refractivity contribution in [3.63, 3.8) is 0 Å². The van der Waals surface area contributed by atoms with E-state index in [0.717, 1.165) is 27.5 Å². The summed E-state index contributed by atoms with van der Waals surface area (Å²) in [6.07, 6.45) is 0. The lowest BCUT2D eigenvalue weighted by Crippen LogP contribution is -2.21. The molecule has 0 fully saturated rings. The molecule has 2 aromatic carbocycles. The summed E-state index contributed by atoms with van der Waals surface area (Å²) in [5.74, 6) is 0.0515. The minimum Gasteiger partial charge on any atom is -0.370 e. The van der Waals surface area contributed by atoms with Gasteiger partial charge < -0.3 is 11.5 Å². The van der Waals surface area contributed by atoms with Gasteiger partial charge in [-0.15, -0.1) is 0 Å². The van der Waals surface area contributed by atoms with Gasteiger partial charge in [0.05, 0.1) is 16.7 Å². The highest BCUT2D eigenvalue weighted by Gasteiger charge is 2.03. The number of guanidine groups is 1. The molecule has 0 saturated heterocycles. The zero-order valence-electron chi connectivity index (χ0n) is 9.67. The molecular weight excluding hydrogens is 224 g/mol. The number of hydrogen-bond acceptors (Lipinski definition) is 2. The lowest BCUT2D eigenvalue weighted by Gasteiger charge is -2.04. The normalized spacial score (nSPS) is 10.7. The van der Waals surface area contributed by atoms with Gasteiger partial charge in [-0.3, -0.25) is 0 Å². The van der Waals surface area contributed by atoms with Crippen molar-refractivity contribution >= 4 is 33.5 Å². The molecule has 0 spiro atoms. The quantitative estimate of drug-likeness (QED) is 0.386. The van der Waals surface area contributed by atoms with Crippen LogP contribution >= 0.6 is 0 Å². The Morgan fingerprint density at radius 2 is 1.72 bits per heavy atom. The van der Waals surface area contributed by atoms with Crippen molar-refractivity contribution < 1.29 is 0 Å². The highest BCUT2D eigenvalue weighted by Crippen LogP contribution is 2.27. The number of hydrogen-bond donors (Lipinski definition) is 2. The lowest BCUT2D eigenvalue weighted by atomic mass is 10.1. The average Bonchev–Trinajstić information content (AvgIpc) is 2.36. The largest absolute Gasteiger partial charge is 0.370 e. The van der Waals surface area contributed by atoms with E-state index >= 15 is 0 Å². The van der Waals surface area contributed by atoms with E-state index in [-0.39, 0.29) is 5.96 Å². The van der Waals surface area contributed by atoms with E-state index in [1.807, 2.05) is 42.5 Å². The first-order chi connectivity index (χ1) is 8.74. The second-order valence-corrected chi connectivity index (χ2v) is 4.06. The van der Waals surface area contributed by atoms with E-state index in [9.17, 15) is 0 Å². The average molecular weight is 236 g/mol. The van der Waals surface area contributed by atoms with Gasteiger partial charge in [-0.25, -0.2) is 9.98 Å². The zero-order chi connectivity index (χ0) is 12.5. The molecule has 1 heterocycles. The molecule has 3 aromatic rings. The first kappa shape index (κ1) is 10.5. The van der Waals surface area contributed by atoms with Gasteiger partial charge in [0, 0.05) is 10.8 Å². The predicted molar refractivity (Wildman–Crippen MR) is 74.7 cm³/mol. The zero-order valence-corrected chi connectivity index (χ0v) is 9.67. The third-order valence-electron chi connectivity index (χ3n) is 2.79. The van der Waals surface area contributed by atoms with Crippen molar-refractivity contribution in [2.24, 2.45) is 16.5 Å². The van der Waals surface area contributed by atoms with Gasteiger partial charge in [-0.2, -0.15) is 0 Å². The standard InChI is InChI=1S/C14H12N4/c15-14(16)18-13-7-3-6-12-10(13)8-9-4-1-2-5-11(9)17-12/h1-8H,(H4,15,16,18). The van der Waals surface area contributed by atoms with Crippen LogP contribution in [0.2, 0.25) is 0 Å². The van der Waals surface area contributed by atoms with Crippen molar-refractivity contribution in [3.8, 4) is 0 Å². The molecule has 4 nitrogen and oxygen atoms in total. The molecule has 0 aliphatic carbocycles. The van der Waals surface area contributed by atoms with Gasteiger partial charge >= 0.3 is 0 Å². The van der Waals surface area contributed by atoms with Crippen LogP contribution in [-0.2, 0) is 0 Å². The summed E-state index contributed by atoms with van der Waals surface area (Å²) in [6.45, 7) is 0. The lowest BCUT2D eigenvalue weighted by molar-refractivity contribution is 1.43. The fraction of sp³-hybridized carbons (Fsp3) is 0. The molecule has 0 atom stereocenters. The van der Waals surface area contributed by atoms with E-state index in [2.05, 4.69) is 16.0 Å². The Morgan fingerprint density at radius 1 is 0.944 bits per heavy atom. The minimum atomic E-state index is 0.0515. The third-order valence-corrected chi connectivity index (χ3v) is 2.79. The maximum absolute atomic E-state index is 5.44. The number of nitrogens with zero attached hydrogens (tertiary/aromatic N) is 2. The monoisotopic (exact) mass is 236 g/mol. The van der Waals surface area contributed by atoms with E-state index in [0.29, 0.717) is 0 Å². The second-order valence-electron chi connectivity index (χ2n) is 4.06. The molecule has 1 aromatic heterocycles. The van der Waals surface area contributed by atoms with Crippen LogP contribution in [-0.4, -0.2) is 10.9 Å². The Hall–Kier alpha value is -2.62. The Labute approximate surface area is 104 Å². The molecule has 0 aliphatic rings. The topological polar surface area (TPSA) is 77.3 Å². The van der Waals surface area contributed by atoms with Gasteiger partial charge in [0.15, 0.2) is 5.96 Å². The van der Waals surface area contributed by atoms with Crippen LogP contribution in [0.5, 0.6) is 0 Å². The molecule has 0 aliphatic heterocycles. The van der Waals surface area contributed by atoms with Crippen LogP contribution < -0.4 is 11.5 Å². The van der Waals surface area contributed by atoms with Crippen LogP contribution in [0.1, 0.15) is 0 Å². The van der Waals surface area contributed by atoms with E-state index in [4.69, 9.17) is 11.5 Å². The van der Waals surface area contributed by atoms with Crippen molar-refractivity contribution in [2.45, 2.75) is 0 Å². The van der Waals surface area contributed by atoms with Crippen molar-refractivity contribution in [1.29, 1.82) is 0 Å². The number of pyridine rings is 1. The summed E-state index contributed by atoms with van der Waals surface area (Å²) in [7, 11) is 0. The fourth-order valence-corrected chi connectivity index (χ4v) is 2.02. The van der Waals surface area contributed by atoms with Crippen molar-refractivity contribution in [1.82, 2.24) is 4.98 Å². The van der Waals surface area contributed by atoms with Gasteiger partial charge in [-0.1, -0.05) is 24.3 Å². The van der Waals surface area contributed by atoms with Gasteiger partial charge in [0.1, 0.15) is 0 Å². The van der Waals surface area contributed by atoms with E-state index < -0.39 is 0 Å². The number of rotatable bonds is 1. The molecule has 0 unspecified atom stereocenters. The number of fused-ring (bicyclic) bond motifs is 2. The molecule has 0 saturated carbocycles. The molecule has 0 bridgehead atoms. The summed E-state index contributed by atoms with van der Waals surface area (Å²) in [5, 5.41) is 2.02. The van der Waals surface area contributed by atoms with E-state index in [1.165, 1.54) is 0 Å². The number of nitrogens with two attached hydrogens (primary N) is 2. The molecule has 0 amide bonds. The Morgan fingerprint density at radius 3 is 2.56 bits per heavy atom. The summed E-state index contributed by atoms with van der Waals surface area (Å²) >= 11 is 0. The van der Waals surface area contributed by atoms with Crippen LogP contribution in [0.25, 0.3) is 21.8 Å². The van der Waals surface area contributed by atoms with Gasteiger partial charge in [0.2, 0.25) is 0 Å². The first-order valence-electron chi connectivity index (χ1n) is 5.62. The molecule has 4 N–H and O–H groups in total. The summed E-state index contributed by atoms with van der Waals surface area (Å²) in [5.41, 5.74) is 13.5. The molecule has 18 heavy (non-hydrogen) atoms. The Kier molecular flexibility index (Phi) is 2.34. The smallest absolute Gasteiger partial charge is 0.191 e. The molecule has 0 radical (unpaired) electrons. The maximum atomic E-state index is 5.44. The van der Waals surface area contributed by atoms with Crippen molar-refractivity contribution in [3.05, 3.63) is 48.5 Å². The minimum absolute atomic E-state index is 0.0515. The highest BCUT2D eigenvalue weighted by atomic mass is 15.0. The third kappa shape index (κ3) is 1.73. The fourth-order valence-electron chi connectivity index (χ4n) is 2.02. The number of aromatic nitrogens is 1. The van der Waals surface area contributed by atoms with Gasteiger partial charge in [-0.05, 0) is 24.3 Å². The number of para-hydroxylation sites is 1. The van der Waals surface area contributed by atoms with Gasteiger partial charge in [0.25, 0.3) is 0 Å². The SMILES string of the molecule is NC(N)=Nc1cccc2nc3ccccc3cc12. The second kappa shape index (κ2) is 4.00. The van der Waals surface area contributed by atoms with Crippen molar-refractivity contribution in [2.75, 3.05) is 0 Å². The molecule has 3 rings (SSSR count). The number of aliphatic imine (C=N–C) groups is 1. The molecule has 88 valence electrons. The van der Waals surface area contributed by atoms with Crippen LogP contribution in [0.4, 0.5) is 5.69 Å². The summed E-state index contributed by atoms with van der Waals surface area (Å²) in [6, 6.07) is 15.7. The first-order valence-corrected chi connectivity index (χ1v) is 5.62. The summed E-state index contributed by atoms with van der Waals surface area (Å²) < 4.78 is 0. The van der Waals surface area contributed by atoms with Crippen LogP contribution in [0, 0.1) is 0 Å².